The number of nitrogens with zero attached hydrogens (tertiary/aromatic N) is 4. The lowest BCUT2D eigenvalue weighted by Gasteiger charge is -2.14. The number of H-pyrrole nitrogens is 1. The summed E-state index contributed by atoms with van der Waals surface area (Å²) in [6.07, 6.45) is 6.54. The van der Waals surface area contributed by atoms with Crippen LogP contribution >= 0.6 is 0 Å². The highest BCUT2D eigenvalue weighted by Gasteiger charge is 2.19. The van der Waals surface area contributed by atoms with Crippen LogP contribution in [0.3, 0.4) is 0 Å². The fourth-order valence-corrected chi connectivity index (χ4v) is 3.08. The van der Waals surface area contributed by atoms with Crippen molar-refractivity contribution in [2.75, 3.05) is 6.54 Å². The molecule has 0 aliphatic heterocycles. The number of para-hydroxylation sites is 1. The van der Waals surface area contributed by atoms with Crippen LogP contribution in [0.5, 0.6) is 5.88 Å². The van der Waals surface area contributed by atoms with Crippen LogP contribution in [-0.4, -0.2) is 36.5 Å². The molecule has 0 unspecified atom stereocenters. The van der Waals surface area contributed by atoms with Crippen LogP contribution in [0.1, 0.15) is 30.9 Å². The van der Waals surface area contributed by atoms with Gasteiger partial charge in [-0.05, 0) is 31.4 Å². The number of aromatic nitrogens is 4. The van der Waals surface area contributed by atoms with Crippen molar-refractivity contribution < 1.29 is 5.11 Å². The van der Waals surface area contributed by atoms with Gasteiger partial charge in [0.2, 0.25) is 5.88 Å². The largest absolute Gasteiger partial charge is 0.493 e. The van der Waals surface area contributed by atoms with Gasteiger partial charge in [0, 0.05) is 25.5 Å². The van der Waals surface area contributed by atoms with Crippen LogP contribution in [0, 0.1) is 6.92 Å². The Hall–Kier alpha value is -3.42. The quantitative estimate of drug-likeness (QED) is 0.482. The van der Waals surface area contributed by atoms with E-state index in [1.165, 1.54) is 0 Å². The van der Waals surface area contributed by atoms with E-state index >= 15 is 0 Å². The summed E-state index contributed by atoms with van der Waals surface area (Å²) in [4.78, 5) is 35.6. The highest BCUT2D eigenvalue weighted by atomic mass is 16.3. The van der Waals surface area contributed by atoms with Crippen molar-refractivity contribution in [3.05, 3.63) is 75.0 Å². The Kier molecular flexibility index (Phi) is 5.88. The van der Waals surface area contributed by atoms with Crippen LogP contribution in [0.4, 0.5) is 0 Å². The molecule has 0 saturated carbocycles. The molecular formula is C20H23N5O3. The Morgan fingerprint density at radius 1 is 1.29 bits per heavy atom. The van der Waals surface area contributed by atoms with E-state index in [4.69, 9.17) is 0 Å². The maximum atomic E-state index is 12.4. The summed E-state index contributed by atoms with van der Waals surface area (Å²) in [5.74, 6) is -0.391. The number of nitrogens with one attached hydrogen (secondary N) is 1. The summed E-state index contributed by atoms with van der Waals surface area (Å²) in [6.45, 7) is 4.93. The number of hydrogen-bond acceptors (Lipinski definition) is 5. The highest BCUT2D eigenvalue weighted by molar-refractivity contribution is 6.02. The molecule has 2 heterocycles. The van der Waals surface area contributed by atoms with E-state index in [2.05, 4.69) is 15.0 Å². The van der Waals surface area contributed by atoms with Crippen molar-refractivity contribution in [3.8, 4) is 11.6 Å². The zero-order valence-corrected chi connectivity index (χ0v) is 15.9. The van der Waals surface area contributed by atoms with Crippen molar-refractivity contribution in [3.63, 3.8) is 0 Å². The fourth-order valence-electron chi connectivity index (χ4n) is 3.08. The predicted molar refractivity (Wildman–Crippen MR) is 108 cm³/mol. The molecule has 1 aromatic carbocycles. The molecule has 8 nitrogen and oxygen atoms in total. The summed E-state index contributed by atoms with van der Waals surface area (Å²) in [6, 6.07) is 7.15. The molecular weight excluding hydrogens is 358 g/mol. The van der Waals surface area contributed by atoms with Gasteiger partial charge in [-0.25, -0.2) is 14.3 Å². The molecule has 0 aliphatic rings. The molecule has 2 aromatic heterocycles. The zero-order valence-electron chi connectivity index (χ0n) is 15.9. The van der Waals surface area contributed by atoms with E-state index in [1.807, 2.05) is 36.7 Å². The van der Waals surface area contributed by atoms with Crippen molar-refractivity contribution in [2.24, 2.45) is 4.99 Å². The van der Waals surface area contributed by atoms with Crippen LogP contribution in [-0.2, 0) is 6.54 Å². The second-order valence-corrected chi connectivity index (χ2v) is 6.42. The zero-order chi connectivity index (χ0) is 20.1. The first-order valence-electron chi connectivity index (χ1n) is 9.16. The highest BCUT2D eigenvalue weighted by Crippen LogP contribution is 2.20. The molecule has 2 N–H and O–H groups in total. The Bertz CT molecular complexity index is 1090. The fraction of sp³-hybridized carbons (Fsp3) is 0.300. The number of benzene rings is 1. The number of aliphatic imine (C=N–C) groups is 1. The molecule has 0 radical (unpaired) electrons. The number of aromatic hydroxyl groups is 1. The third-order valence-corrected chi connectivity index (χ3v) is 4.50. The van der Waals surface area contributed by atoms with E-state index in [9.17, 15) is 14.7 Å². The van der Waals surface area contributed by atoms with Gasteiger partial charge in [0.1, 0.15) is 5.56 Å². The summed E-state index contributed by atoms with van der Waals surface area (Å²) in [7, 11) is 0. The standard InChI is InChI=1S/C20H23N5O3/c1-3-15(22-9-6-11-24-12-10-21-13-24)17-18(26)23-20(28)25(19(17)27)16-8-5-4-7-14(16)2/h4-5,7-8,10,12-13,27H,3,6,9,11H2,1-2H3,(H,23,26,28). The van der Waals surface area contributed by atoms with E-state index in [-0.39, 0.29) is 5.56 Å². The molecule has 0 aliphatic carbocycles. The Balaban J connectivity index is 1.96. The lowest BCUT2D eigenvalue weighted by molar-refractivity contribution is 0.429. The molecule has 0 atom stereocenters. The smallest absolute Gasteiger partial charge is 0.335 e. The van der Waals surface area contributed by atoms with E-state index in [0.717, 1.165) is 23.1 Å². The number of aryl methyl sites for hydroxylation is 2. The molecule has 28 heavy (non-hydrogen) atoms. The van der Waals surface area contributed by atoms with Gasteiger partial charge in [0.15, 0.2) is 0 Å². The number of aromatic amines is 1. The molecule has 146 valence electrons. The number of imidazole rings is 1. The van der Waals surface area contributed by atoms with Crippen molar-refractivity contribution in [2.45, 2.75) is 33.2 Å². The van der Waals surface area contributed by atoms with Gasteiger partial charge in [-0.2, -0.15) is 0 Å². The van der Waals surface area contributed by atoms with Gasteiger partial charge in [-0.3, -0.25) is 14.8 Å². The molecule has 0 spiro atoms. The second kappa shape index (κ2) is 8.51. The molecule has 3 rings (SSSR count). The minimum absolute atomic E-state index is 0.0352. The van der Waals surface area contributed by atoms with Crippen LogP contribution in [0.25, 0.3) is 5.69 Å². The third-order valence-electron chi connectivity index (χ3n) is 4.50. The maximum absolute atomic E-state index is 12.4. The third kappa shape index (κ3) is 3.95. The van der Waals surface area contributed by atoms with Crippen molar-refractivity contribution >= 4 is 5.71 Å². The predicted octanol–water partition coefficient (Wildman–Crippen LogP) is 2.03. The molecule has 0 fully saturated rings. The minimum atomic E-state index is -0.684. The van der Waals surface area contributed by atoms with E-state index in [1.54, 1.807) is 24.7 Å². The van der Waals surface area contributed by atoms with Crippen LogP contribution in [0.15, 0.2) is 57.6 Å². The second-order valence-electron chi connectivity index (χ2n) is 6.42. The summed E-state index contributed by atoms with van der Waals surface area (Å²) in [5.41, 5.74) is 0.490. The molecule has 0 amide bonds. The van der Waals surface area contributed by atoms with Gasteiger partial charge >= 0.3 is 5.69 Å². The molecule has 0 bridgehead atoms. The topological polar surface area (TPSA) is 105 Å². The lowest BCUT2D eigenvalue weighted by Crippen LogP contribution is -2.33. The SMILES string of the molecule is CCC(=NCCCn1ccnc1)c1c(O)n(-c2ccccc2C)c(=O)[nH]c1=O. The normalized spacial score (nSPS) is 11.7. The summed E-state index contributed by atoms with van der Waals surface area (Å²) >= 11 is 0. The van der Waals surface area contributed by atoms with Crippen molar-refractivity contribution in [1.82, 2.24) is 19.1 Å². The Morgan fingerprint density at radius 3 is 2.75 bits per heavy atom. The van der Waals surface area contributed by atoms with Gasteiger partial charge < -0.3 is 9.67 Å². The average molecular weight is 381 g/mol. The van der Waals surface area contributed by atoms with Gasteiger partial charge in [0.25, 0.3) is 5.56 Å². The summed E-state index contributed by atoms with van der Waals surface area (Å²) in [5, 5.41) is 10.8. The lowest BCUT2D eigenvalue weighted by atomic mass is 10.1. The van der Waals surface area contributed by atoms with E-state index < -0.39 is 17.1 Å². The first-order valence-corrected chi connectivity index (χ1v) is 9.16. The maximum Gasteiger partial charge on any atom is 0.335 e. The number of rotatable bonds is 7. The van der Waals surface area contributed by atoms with Gasteiger partial charge in [-0.15, -0.1) is 0 Å². The van der Waals surface area contributed by atoms with Crippen LogP contribution in [0.2, 0.25) is 0 Å². The first kappa shape index (κ1) is 19.3. The van der Waals surface area contributed by atoms with Gasteiger partial charge in [0.05, 0.1) is 17.7 Å². The molecule has 8 heteroatoms. The number of hydrogen-bond donors (Lipinski definition) is 2. The molecule has 3 aromatic rings. The molecule has 0 saturated heterocycles. The Morgan fingerprint density at radius 2 is 2.07 bits per heavy atom. The Labute approximate surface area is 161 Å². The monoisotopic (exact) mass is 381 g/mol. The van der Waals surface area contributed by atoms with Gasteiger partial charge in [-0.1, -0.05) is 25.1 Å². The minimum Gasteiger partial charge on any atom is -0.493 e. The first-order chi connectivity index (χ1) is 13.5. The summed E-state index contributed by atoms with van der Waals surface area (Å²) < 4.78 is 3.06. The van der Waals surface area contributed by atoms with Crippen molar-refractivity contribution in [1.29, 1.82) is 0 Å². The van der Waals surface area contributed by atoms with E-state index in [0.29, 0.717) is 24.4 Å². The van der Waals surface area contributed by atoms with Crippen LogP contribution < -0.4 is 11.2 Å². The average Bonchev–Trinajstić information content (AvgIpc) is 3.18.